The van der Waals surface area contributed by atoms with Crippen molar-refractivity contribution in [2.24, 2.45) is 0 Å². The summed E-state index contributed by atoms with van der Waals surface area (Å²) in [7, 11) is 0. The molecule has 1 aromatic carbocycles. The van der Waals surface area contributed by atoms with Gasteiger partial charge < -0.3 is 0 Å². The van der Waals surface area contributed by atoms with Gasteiger partial charge >= 0.3 is 0 Å². The van der Waals surface area contributed by atoms with Gasteiger partial charge in [-0.25, -0.2) is 22.0 Å². The first kappa shape index (κ1) is 19.5. The van der Waals surface area contributed by atoms with E-state index in [9.17, 15) is 22.0 Å². The molecule has 1 radical (unpaired) electrons. The van der Waals surface area contributed by atoms with Crippen molar-refractivity contribution >= 4 is 12.6 Å². The minimum absolute atomic E-state index is 0. The third kappa shape index (κ3) is 2.91. The Morgan fingerprint density at radius 3 is 1.00 bits per heavy atom. The van der Waals surface area contributed by atoms with Gasteiger partial charge in [0.2, 0.25) is 5.82 Å². The lowest BCUT2D eigenvalue weighted by Crippen LogP contribution is -2.01. The zero-order chi connectivity index (χ0) is 9.46. The van der Waals surface area contributed by atoms with Crippen LogP contribution in [0.4, 0.5) is 36.1 Å². The lowest BCUT2D eigenvalue weighted by atomic mass is 10.3. The van der Waals surface area contributed by atoms with E-state index in [1.165, 1.54) is 0 Å². The molecule has 15 heavy (non-hydrogen) atoms. The number of hydrogen-bond donors (Lipinski definition) is 0. The Balaban J connectivity index is -0.000000480. The van der Waals surface area contributed by atoms with Gasteiger partial charge in [-0.05, 0) is 0 Å². The normalized spacial score (nSPS) is 8.33. The monoisotopic (exact) mass is 259 g/mol. The first-order valence-electron chi connectivity index (χ1n) is 2.65. The van der Waals surface area contributed by atoms with E-state index >= 15 is 0 Å². The Hall–Kier alpha value is -1.12. The van der Waals surface area contributed by atoms with E-state index in [0.29, 0.717) is 0 Å². The van der Waals surface area contributed by atoms with Gasteiger partial charge in [-0.2, -0.15) is 0 Å². The molecule has 0 aromatic heterocycles. The molecular weight excluding hydrogens is 256 g/mol. The largest absolute Gasteiger partial charge is 0.269 e. The average molecular weight is 259 g/mol. The van der Waals surface area contributed by atoms with Crippen molar-refractivity contribution in [3.05, 3.63) is 29.1 Å². The van der Waals surface area contributed by atoms with Gasteiger partial charge in [0.05, 0.1) is 0 Å². The van der Waals surface area contributed by atoms with Crippen LogP contribution < -0.4 is 0 Å². The lowest BCUT2D eigenvalue weighted by Gasteiger charge is -2.00. The zero-order valence-corrected chi connectivity index (χ0v) is 7.34. The molecule has 0 aliphatic rings. The number of halogens is 8. The van der Waals surface area contributed by atoms with Crippen molar-refractivity contribution < 1.29 is 36.1 Å². The van der Waals surface area contributed by atoms with Crippen LogP contribution in [0.3, 0.4) is 0 Å². The molecule has 0 fully saturated rings. The van der Waals surface area contributed by atoms with Gasteiger partial charge in [0.25, 0.3) is 0 Å². The summed E-state index contributed by atoms with van der Waals surface area (Å²) in [4.78, 5) is -1.29. The molecule has 89 valence electrons. The van der Waals surface area contributed by atoms with E-state index in [4.69, 9.17) is 0 Å². The summed E-state index contributed by atoms with van der Waals surface area (Å²) in [5, 5.41) is 0. The van der Waals surface area contributed by atoms with E-state index in [1.807, 2.05) is 0 Å². The van der Waals surface area contributed by atoms with Crippen molar-refractivity contribution in [3.63, 3.8) is 0 Å². The molecule has 0 spiro atoms. The Bertz CT molecular complexity index is 233. The van der Waals surface area contributed by atoms with Crippen molar-refractivity contribution in [2.45, 2.75) is 4.90 Å². The number of benzene rings is 1. The number of hydrogen-bond acceptors (Lipinski definition) is 0. The highest BCUT2D eigenvalue weighted by Crippen LogP contribution is 2.24. The van der Waals surface area contributed by atoms with Gasteiger partial charge in [0, 0.05) is 0 Å². The molecule has 0 amide bonds. The Kier molecular flexibility index (Phi) is 8.27. The number of rotatable bonds is 0. The molecule has 0 saturated carbocycles. The molecule has 1 aromatic rings. The Morgan fingerprint density at radius 2 is 0.733 bits per heavy atom. The summed E-state index contributed by atoms with van der Waals surface area (Å²) in [6.07, 6.45) is 0. The van der Waals surface area contributed by atoms with Crippen LogP contribution in [0.15, 0.2) is 4.90 Å². The van der Waals surface area contributed by atoms with Gasteiger partial charge in [-0.1, -0.05) is 12.6 Å². The van der Waals surface area contributed by atoms with Crippen molar-refractivity contribution in [1.82, 2.24) is 0 Å². The van der Waals surface area contributed by atoms with E-state index < -0.39 is 34.0 Å². The molecule has 1 rings (SSSR count). The van der Waals surface area contributed by atoms with Crippen LogP contribution in [0, 0.1) is 29.1 Å². The van der Waals surface area contributed by atoms with E-state index in [0.717, 1.165) is 0 Å². The molecule has 0 aliphatic heterocycles. The smallest absolute Gasteiger partial charge is 0.200 e. The summed E-state index contributed by atoms with van der Waals surface area (Å²) in [5.41, 5.74) is 0. The maximum atomic E-state index is 12.3. The highest BCUT2D eigenvalue weighted by Gasteiger charge is 2.24. The Labute approximate surface area is 83.6 Å². The van der Waals surface area contributed by atoms with Crippen LogP contribution in [0.25, 0.3) is 0 Å². The molecule has 0 bridgehead atoms. The standard InChI is InChI=1S/C6F5S.3FH/c7-1-2(8)4(10)6(12)5(11)3(1)9;;;/h;3*1H. The fourth-order valence-electron chi connectivity index (χ4n) is 0.585. The Morgan fingerprint density at radius 1 is 0.533 bits per heavy atom. The molecule has 0 unspecified atom stereocenters. The predicted molar refractivity (Wildman–Crippen MR) is 39.6 cm³/mol. The third-order valence-corrected chi connectivity index (χ3v) is 1.53. The van der Waals surface area contributed by atoms with Crippen LogP contribution >= 0.6 is 12.6 Å². The average Bonchev–Trinajstić information content (AvgIpc) is 2.08. The minimum atomic E-state index is -2.20. The predicted octanol–water partition coefficient (Wildman–Crippen LogP) is 3.40. The van der Waals surface area contributed by atoms with E-state index in [2.05, 4.69) is 12.6 Å². The van der Waals surface area contributed by atoms with E-state index in [1.54, 1.807) is 0 Å². The van der Waals surface area contributed by atoms with Crippen molar-refractivity contribution in [1.29, 1.82) is 0 Å². The van der Waals surface area contributed by atoms with Crippen LogP contribution in [0.2, 0.25) is 0 Å². The third-order valence-electron chi connectivity index (χ3n) is 1.17. The topological polar surface area (TPSA) is 0 Å². The van der Waals surface area contributed by atoms with Gasteiger partial charge in [-0.3, -0.25) is 14.1 Å². The van der Waals surface area contributed by atoms with Crippen LogP contribution in [-0.4, -0.2) is 0 Å². The van der Waals surface area contributed by atoms with Gasteiger partial charge in [0.1, 0.15) is 4.90 Å². The summed E-state index contributed by atoms with van der Waals surface area (Å²) in [5.74, 6) is -10.2. The zero-order valence-electron chi connectivity index (χ0n) is 6.52. The van der Waals surface area contributed by atoms with Crippen LogP contribution in [0.1, 0.15) is 0 Å². The van der Waals surface area contributed by atoms with Crippen molar-refractivity contribution in [2.75, 3.05) is 0 Å². The molecule has 0 aliphatic carbocycles. The minimum Gasteiger partial charge on any atom is -0.269 e. The molecular formula is C6H3F8S. The second-order valence-electron chi connectivity index (χ2n) is 1.90. The van der Waals surface area contributed by atoms with Crippen molar-refractivity contribution in [3.8, 4) is 0 Å². The molecule has 0 heterocycles. The molecule has 0 nitrogen and oxygen atoms in total. The summed E-state index contributed by atoms with van der Waals surface area (Å²) >= 11 is 3.93. The molecule has 0 atom stereocenters. The maximum Gasteiger partial charge on any atom is 0.200 e. The molecule has 0 saturated heterocycles. The summed E-state index contributed by atoms with van der Waals surface area (Å²) in [6, 6.07) is 0. The lowest BCUT2D eigenvalue weighted by molar-refractivity contribution is 0.361. The summed E-state index contributed by atoms with van der Waals surface area (Å²) in [6.45, 7) is 0. The van der Waals surface area contributed by atoms with Crippen LogP contribution in [-0.2, 0) is 0 Å². The molecule has 0 N–H and O–H groups in total. The molecule has 9 heteroatoms. The van der Waals surface area contributed by atoms with Gasteiger partial charge in [0.15, 0.2) is 23.3 Å². The quantitative estimate of drug-likeness (QED) is 0.380. The second kappa shape index (κ2) is 6.38. The van der Waals surface area contributed by atoms with Gasteiger partial charge in [-0.15, -0.1) is 0 Å². The van der Waals surface area contributed by atoms with Crippen LogP contribution in [0.5, 0.6) is 0 Å². The fraction of sp³-hybridized carbons (Fsp3) is 0. The fourth-order valence-corrected chi connectivity index (χ4v) is 0.764. The second-order valence-corrected chi connectivity index (χ2v) is 2.31. The highest BCUT2D eigenvalue weighted by molar-refractivity contribution is 7.80. The van der Waals surface area contributed by atoms with E-state index in [-0.39, 0.29) is 14.1 Å². The first-order chi connectivity index (χ1) is 5.46. The SMILES string of the molecule is F.F.F.Fc1c(F)c(F)c([S])c(F)c1F. The first-order valence-corrected chi connectivity index (χ1v) is 3.06. The summed E-state index contributed by atoms with van der Waals surface area (Å²) < 4.78 is 61.2. The highest BCUT2D eigenvalue weighted by atomic mass is 32.1. The maximum absolute atomic E-state index is 12.3.